The van der Waals surface area contributed by atoms with Crippen molar-refractivity contribution in [2.24, 2.45) is 5.92 Å². The number of hydrogen-bond acceptors (Lipinski definition) is 4. The highest BCUT2D eigenvalue weighted by Crippen LogP contribution is 2.32. The van der Waals surface area contributed by atoms with Crippen LogP contribution in [0, 0.1) is 12.8 Å². The molecule has 2 fully saturated rings. The summed E-state index contributed by atoms with van der Waals surface area (Å²) in [6, 6.07) is 1.98. The highest BCUT2D eigenvalue weighted by molar-refractivity contribution is 7.18. The molecule has 0 aromatic carbocycles. The summed E-state index contributed by atoms with van der Waals surface area (Å²) < 4.78 is 0. The summed E-state index contributed by atoms with van der Waals surface area (Å²) in [6.45, 7) is 9.24. The first-order valence-corrected chi connectivity index (χ1v) is 11.2. The number of carbonyl (C=O) groups excluding carboxylic acids is 1. The Kier molecular flexibility index (Phi) is 5.81. The fraction of sp³-hybridized carbons (Fsp3) is 0.435. The lowest BCUT2D eigenvalue weighted by Crippen LogP contribution is -2.31. The number of aryl methyl sites for hydroxylation is 1. The number of anilines is 1. The van der Waals surface area contributed by atoms with Crippen LogP contribution in [0.5, 0.6) is 0 Å². The average Bonchev–Trinajstić information content (AvgIpc) is 3.29. The van der Waals surface area contributed by atoms with Crippen molar-refractivity contribution in [3.8, 4) is 0 Å². The van der Waals surface area contributed by atoms with Crippen molar-refractivity contribution in [1.29, 1.82) is 0 Å². The second-order valence-electron chi connectivity index (χ2n) is 7.86. The molecule has 0 atom stereocenters. The standard InChI is InChI=1S/C23H28N4OS/c1-4-8-19(18-9-6-5-7-10-18)13-16(2)26-11-12-27(23(26)28)20-14-21-22(24-15-20)29-17(3)25-21/h4,8,13-15,18H,1,5-7,9-12H2,2-3H3/b16-13+,19-8+. The zero-order valence-electron chi connectivity index (χ0n) is 17.2. The van der Waals surface area contributed by atoms with E-state index in [2.05, 4.69) is 28.7 Å². The van der Waals surface area contributed by atoms with Crippen LogP contribution >= 0.6 is 11.3 Å². The molecule has 152 valence electrons. The van der Waals surface area contributed by atoms with E-state index in [1.54, 1.807) is 22.4 Å². The van der Waals surface area contributed by atoms with Crippen molar-refractivity contribution in [1.82, 2.24) is 14.9 Å². The van der Waals surface area contributed by atoms with E-state index in [0.29, 0.717) is 19.0 Å². The predicted molar refractivity (Wildman–Crippen MR) is 120 cm³/mol. The highest BCUT2D eigenvalue weighted by atomic mass is 32.1. The Labute approximate surface area is 176 Å². The minimum atomic E-state index is 0.00782. The van der Waals surface area contributed by atoms with Gasteiger partial charge in [-0.1, -0.05) is 49.3 Å². The minimum absolute atomic E-state index is 0.00782. The van der Waals surface area contributed by atoms with Gasteiger partial charge < -0.3 is 0 Å². The molecule has 3 heterocycles. The molecular formula is C23H28N4OS. The lowest BCUT2D eigenvalue weighted by atomic mass is 9.83. The third-order valence-corrected chi connectivity index (χ3v) is 6.74. The van der Waals surface area contributed by atoms with E-state index in [0.717, 1.165) is 26.7 Å². The summed E-state index contributed by atoms with van der Waals surface area (Å²) in [4.78, 5) is 26.7. The molecule has 29 heavy (non-hydrogen) atoms. The number of aromatic nitrogens is 2. The molecule has 2 aliphatic rings. The quantitative estimate of drug-likeness (QED) is 0.584. The SMILES string of the molecule is C=C/C=C(\C=C(/C)N1CCN(c2cnc3sc(C)nc3c2)C1=O)C1CCCCC1. The van der Waals surface area contributed by atoms with Gasteiger partial charge in [0.1, 0.15) is 10.3 Å². The summed E-state index contributed by atoms with van der Waals surface area (Å²) in [5, 5.41) is 0.988. The first kappa shape index (κ1) is 19.8. The Balaban J connectivity index is 1.54. The van der Waals surface area contributed by atoms with Crippen molar-refractivity contribution in [3.63, 3.8) is 0 Å². The van der Waals surface area contributed by atoms with Gasteiger partial charge in [-0.15, -0.1) is 0 Å². The Morgan fingerprint density at radius 3 is 2.83 bits per heavy atom. The largest absolute Gasteiger partial charge is 0.328 e. The molecule has 0 bridgehead atoms. The minimum Gasteiger partial charge on any atom is -0.296 e. The summed E-state index contributed by atoms with van der Waals surface area (Å²) in [7, 11) is 0. The molecule has 2 aromatic heterocycles. The van der Waals surface area contributed by atoms with Gasteiger partial charge in [-0.05, 0) is 50.3 Å². The third-order valence-electron chi connectivity index (χ3n) is 5.85. The van der Waals surface area contributed by atoms with Crippen LogP contribution in [-0.2, 0) is 0 Å². The Morgan fingerprint density at radius 2 is 2.07 bits per heavy atom. The number of allylic oxidation sites excluding steroid dienone is 5. The topological polar surface area (TPSA) is 49.3 Å². The fourth-order valence-corrected chi connectivity index (χ4v) is 5.10. The monoisotopic (exact) mass is 408 g/mol. The van der Waals surface area contributed by atoms with Crippen molar-refractivity contribution in [2.75, 3.05) is 18.0 Å². The van der Waals surface area contributed by atoms with Gasteiger partial charge in [0.25, 0.3) is 0 Å². The molecule has 2 amide bonds. The zero-order valence-corrected chi connectivity index (χ0v) is 18.0. The van der Waals surface area contributed by atoms with Gasteiger partial charge in [0.15, 0.2) is 0 Å². The van der Waals surface area contributed by atoms with E-state index in [-0.39, 0.29) is 6.03 Å². The van der Waals surface area contributed by atoms with Crippen molar-refractivity contribution in [3.05, 3.63) is 53.3 Å². The molecule has 0 N–H and O–H groups in total. The van der Waals surface area contributed by atoms with Gasteiger partial charge in [-0.2, -0.15) is 0 Å². The maximum absolute atomic E-state index is 13.1. The molecular weight excluding hydrogens is 380 g/mol. The molecule has 6 heteroatoms. The maximum Gasteiger partial charge on any atom is 0.328 e. The smallest absolute Gasteiger partial charge is 0.296 e. The molecule has 4 rings (SSSR count). The first-order valence-electron chi connectivity index (χ1n) is 10.4. The molecule has 1 saturated heterocycles. The number of pyridine rings is 1. The maximum atomic E-state index is 13.1. The predicted octanol–water partition coefficient (Wildman–Crippen LogP) is 5.84. The average molecular weight is 409 g/mol. The highest BCUT2D eigenvalue weighted by Gasteiger charge is 2.31. The van der Waals surface area contributed by atoms with Crippen molar-refractivity contribution >= 4 is 33.4 Å². The number of nitrogens with zero attached hydrogens (tertiary/aromatic N) is 4. The number of amides is 2. The lowest BCUT2D eigenvalue weighted by Gasteiger charge is -2.24. The van der Waals surface area contributed by atoms with E-state index in [1.807, 2.05) is 30.9 Å². The number of carbonyl (C=O) groups is 1. The number of hydrogen-bond donors (Lipinski definition) is 0. The van der Waals surface area contributed by atoms with Gasteiger partial charge in [-0.25, -0.2) is 14.8 Å². The van der Waals surface area contributed by atoms with Gasteiger partial charge in [0, 0.05) is 18.8 Å². The number of fused-ring (bicyclic) bond motifs is 1. The molecule has 1 saturated carbocycles. The second kappa shape index (κ2) is 8.49. The zero-order chi connectivity index (χ0) is 20.4. The summed E-state index contributed by atoms with van der Waals surface area (Å²) in [5.41, 5.74) is 3.97. The summed E-state index contributed by atoms with van der Waals surface area (Å²) >= 11 is 1.57. The normalized spacial score (nSPS) is 19.4. The number of urea groups is 1. The lowest BCUT2D eigenvalue weighted by molar-refractivity contribution is 0.231. The van der Waals surface area contributed by atoms with Crippen LogP contribution in [0.2, 0.25) is 0 Å². The van der Waals surface area contributed by atoms with Crippen molar-refractivity contribution in [2.45, 2.75) is 46.0 Å². The molecule has 0 unspecified atom stereocenters. The first-order chi connectivity index (χ1) is 14.1. The van der Waals surface area contributed by atoms with Gasteiger partial charge in [0.2, 0.25) is 0 Å². The molecule has 2 aromatic rings. The third kappa shape index (κ3) is 4.13. The van der Waals surface area contributed by atoms with Crippen LogP contribution < -0.4 is 4.90 Å². The van der Waals surface area contributed by atoms with E-state index in [4.69, 9.17) is 0 Å². The molecule has 0 radical (unpaired) electrons. The van der Waals surface area contributed by atoms with E-state index in [1.165, 1.54) is 37.7 Å². The molecule has 1 aliphatic carbocycles. The van der Waals surface area contributed by atoms with E-state index < -0.39 is 0 Å². The van der Waals surface area contributed by atoms with Gasteiger partial charge in [-0.3, -0.25) is 9.80 Å². The molecule has 1 aliphatic heterocycles. The van der Waals surface area contributed by atoms with E-state index >= 15 is 0 Å². The molecule has 0 spiro atoms. The van der Waals surface area contributed by atoms with Crippen LogP contribution in [0.25, 0.3) is 10.3 Å². The van der Waals surface area contributed by atoms with Crippen LogP contribution in [0.4, 0.5) is 10.5 Å². The summed E-state index contributed by atoms with van der Waals surface area (Å²) in [5.74, 6) is 0.574. The second-order valence-corrected chi connectivity index (χ2v) is 9.04. The fourth-order valence-electron chi connectivity index (χ4n) is 4.37. The number of rotatable bonds is 5. The Bertz CT molecular complexity index is 984. The van der Waals surface area contributed by atoms with Crippen LogP contribution in [0.15, 0.2) is 48.3 Å². The van der Waals surface area contributed by atoms with Crippen LogP contribution in [0.1, 0.15) is 44.0 Å². The van der Waals surface area contributed by atoms with Crippen LogP contribution in [0.3, 0.4) is 0 Å². The van der Waals surface area contributed by atoms with Gasteiger partial charge >= 0.3 is 6.03 Å². The van der Waals surface area contributed by atoms with Gasteiger partial charge in [0.05, 0.1) is 16.9 Å². The van der Waals surface area contributed by atoms with E-state index in [9.17, 15) is 4.79 Å². The Morgan fingerprint density at radius 1 is 1.28 bits per heavy atom. The number of thiazole rings is 1. The van der Waals surface area contributed by atoms with Crippen molar-refractivity contribution < 1.29 is 4.79 Å². The summed E-state index contributed by atoms with van der Waals surface area (Å²) in [6.07, 6.45) is 14.3. The van der Waals surface area contributed by atoms with Crippen LogP contribution in [-0.4, -0.2) is 34.0 Å². The Hall–Kier alpha value is -2.47. The molecule has 5 nitrogen and oxygen atoms in total.